The van der Waals surface area contributed by atoms with Crippen LogP contribution in [-0.2, 0) is 0 Å². The van der Waals surface area contributed by atoms with Gasteiger partial charge in [0, 0.05) is 17.6 Å². The predicted molar refractivity (Wildman–Crippen MR) is 84.1 cm³/mol. The van der Waals surface area contributed by atoms with Crippen LogP contribution in [0.15, 0.2) is 0 Å². The van der Waals surface area contributed by atoms with Gasteiger partial charge in [-0.3, -0.25) is 0 Å². The SMILES string of the molecule is CCCCCCCCCC[SiH2]C[Si](C)(C)C. The molecule has 0 saturated carbocycles. The van der Waals surface area contributed by atoms with Crippen LogP contribution in [0.2, 0.25) is 31.4 Å². The van der Waals surface area contributed by atoms with E-state index in [-0.39, 0.29) is 0 Å². The molecular formula is C14H34Si2. The minimum Gasteiger partial charge on any atom is -0.0698 e. The van der Waals surface area contributed by atoms with Crippen molar-refractivity contribution in [2.24, 2.45) is 0 Å². The van der Waals surface area contributed by atoms with Gasteiger partial charge in [-0.15, -0.1) is 0 Å². The van der Waals surface area contributed by atoms with Crippen molar-refractivity contribution in [1.29, 1.82) is 0 Å². The first-order valence-corrected chi connectivity index (χ1v) is 13.3. The van der Waals surface area contributed by atoms with Gasteiger partial charge in [0.2, 0.25) is 0 Å². The van der Waals surface area contributed by atoms with E-state index in [4.69, 9.17) is 0 Å². The fourth-order valence-corrected chi connectivity index (χ4v) is 8.09. The monoisotopic (exact) mass is 258 g/mol. The topological polar surface area (TPSA) is 0 Å². The van der Waals surface area contributed by atoms with Crippen molar-refractivity contribution in [3.8, 4) is 0 Å². The Labute approximate surface area is 107 Å². The molecule has 2 heteroatoms. The first-order chi connectivity index (χ1) is 7.56. The summed E-state index contributed by atoms with van der Waals surface area (Å²) in [5.74, 6) is 0. The van der Waals surface area contributed by atoms with Crippen LogP contribution in [0.3, 0.4) is 0 Å². The Morgan fingerprint density at radius 1 is 0.750 bits per heavy atom. The van der Waals surface area contributed by atoms with E-state index < -0.39 is 8.07 Å². The van der Waals surface area contributed by atoms with Gasteiger partial charge in [-0.05, 0) is 0 Å². The first kappa shape index (κ1) is 16.4. The summed E-state index contributed by atoms with van der Waals surface area (Å²) in [4.78, 5) is 0. The van der Waals surface area contributed by atoms with Gasteiger partial charge in [0.1, 0.15) is 0 Å². The summed E-state index contributed by atoms with van der Waals surface area (Å²) in [5, 5.41) is 0. The lowest BCUT2D eigenvalue weighted by Gasteiger charge is -2.14. The smallest absolute Gasteiger partial charge is 0.0411 e. The van der Waals surface area contributed by atoms with E-state index in [9.17, 15) is 0 Å². The lowest BCUT2D eigenvalue weighted by molar-refractivity contribution is 0.585. The Balaban J connectivity index is 2.99. The van der Waals surface area contributed by atoms with Crippen LogP contribution >= 0.6 is 0 Å². The van der Waals surface area contributed by atoms with E-state index in [1.54, 1.807) is 18.1 Å². The maximum atomic E-state index is 2.52. The summed E-state index contributed by atoms with van der Waals surface area (Å²) in [6.45, 7) is 9.86. The Bertz CT molecular complexity index is 138. The van der Waals surface area contributed by atoms with Gasteiger partial charge in [-0.2, -0.15) is 0 Å². The highest BCUT2D eigenvalue weighted by molar-refractivity contribution is 6.83. The van der Waals surface area contributed by atoms with Crippen molar-refractivity contribution in [3.05, 3.63) is 0 Å². The quantitative estimate of drug-likeness (QED) is 0.361. The maximum absolute atomic E-state index is 2.52. The third-order valence-electron chi connectivity index (χ3n) is 3.28. The zero-order valence-corrected chi connectivity index (χ0v) is 14.7. The molecule has 0 aliphatic carbocycles. The van der Waals surface area contributed by atoms with Gasteiger partial charge >= 0.3 is 0 Å². The molecule has 0 spiro atoms. The molecule has 0 unspecified atom stereocenters. The highest BCUT2D eigenvalue weighted by Crippen LogP contribution is 2.12. The minimum absolute atomic E-state index is 0.321. The molecule has 0 nitrogen and oxygen atoms in total. The zero-order chi connectivity index (χ0) is 12.3. The summed E-state index contributed by atoms with van der Waals surface area (Å²) < 4.78 is 0. The van der Waals surface area contributed by atoms with Crippen LogP contribution in [0.25, 0.3) is 0 Å². The fourth-order valence-electron chi connectivity index (χ4n) is 2.14. The molecule has 0 aliphatic rings. The molecule has 0 saturated heterocycles. The lowest BCUT2D eigenvalue weighted by Crippen LogP contribution is -2.21. The third kappa shape index (κ3) is 14.4. The van der Waals surface area contributed by atoms with E-state index in [0.717, 1.165) is 0 Å². The predicted octanol–water partition coefficient (Wildman–Crippen LogP) is 5.01. The standard InChI is InChI=1S/C14H34Si2/c1-5-6-7-8-9-10-11-12-13-15-14-16(2,3)4/h5-15H2,1-4H3. The van der Waals surface area contributed by atoms with Crippen LogP contribution in [0, 0.1) is 0 Å². The van der Waals surface area contributed by atoms with Crippen molar-refractivity contribution >= 4 is 17.6 Å². The zero-order valence-electron chi connectivity index (χ0n) is 12.3. The van der Waals surface area contributed by atoms with Gasteiger partial charge in [-0.1, -0.05) is 89.6 Å². The van der Waals surface area contributed by atoms with Gasteiger partial charge in [-0.25, -0.2) is 0 Å². The molecule has 0 aliphatic heterocycles. The highest BCUT2D eigenvalue weighted by Gasteiger charge is 2.11. The molecule has 16 heavy (non-hydrogen) atoms. The molecule has 0 N–H and O–H groups in total. The van der Waals surface area contributed by atoms with E-state index in [1.807, 2.05) is 0 Å². The van der Waals surface area contributed by atoms with Crippen LogP contribution in [-0.4, -0.2) is 17.6 Å². The number of hydrogen-bond donors (Lipinski definition) is 0. The third-order valence-corrected chi connectivity index (χ3v) is 11.7. The van der Waals surface area contributed by atoms with Gasteiger partial charge in [0.15, 0.2) is 0 Å². The Hall–Kier alpha value is 0.434. The summed E-state index contributed by atoms with van der Waals surface area (Å²) in [6, 6.07) is 1.62. The Kier molecular flexibility index (Phi) is 10.9. The average Bonchev–Trinajstić information content (AvgIpc) is 2.19. The second-order valence-corrected chi connectivity index (χ2v) is 15.0. The number of hydrogen-bond acceptors (Lipinski definition) is 0. The van der Waals surface area contributed by atoms with Crippen molar-refractivity contribution in [3.63, 3.8) is 0 Å². The van der Waals surface area contributed by atoms with Gasteiger partial charge in [0.05, 0.1) is 0 Å². The van der Waals surface area contributed by atoms with Crippen molar-refractivity contribution in [1.82, 2.24) is 0 Å². The minimum atomic E-state index is -0.686. The normalized spacial score (nSPS) is 12.8. The molecule has 0 bridgehead atoms. The molecule has 0 aromatic rings. The molecule has 0 aromatic carbocycles. The lowest BCUT2D eigenvalue weighted by atomic mass is 10.1. The van der Waals surface area contributed by atoms with E-state index in [2.05, 4.69) is 26.6 Å². The van der Waals surface area contributed by atoms with Crippen LogP contribution in [0.1, 0.15) is 58.3 Å². The highest BCUT2D eigenvalue weighted by atomic mass is 28.4. The average molecular weight is 259 g/mol. The molecule has 0 aromatic heterocycles. The molecule has 98 valence electrons. The second kappa shape index (κ2) is 10.6. The molecule has 0 heterocycles. The molecule has 0 atom stereocenters. The van der Waals surface area contributed by atoms with E-state index in [1.165, 1.54) is 44.9 Å². The van der Waals surface area contributed by atoms with Crippen molar-refractivity contribution in [2.45, 2.75) is 89.6 Å². The molecule has 0 rings (SSSR count). The maximum Gasteiger partial charge on any atom is 0.0411 e. The van der Waals surface area contributed by atoms with Crippen molar-refractivity contribution in [2.75, 3.05) is 0 Å². The largest absolute Gasteiger partial charge is 0.0698 e. The van der Waals surface area contributed by atoms with Crippen LogP contribution in [0.5, 0.6) is 0 Å². The number of unbranched alkanes of at least 4 members (excludes halogenated alkanes) is 7. The first-order valence-electron chi connectivity index (χ1n) is 7.56. The summed E-state index contributed by atoms with van der Waals surface area (Å²) in [6.07, 6.45) is 11.8. The summed E-state index contributed by atoms with van der Waals surface area (Å²) in [7, 11) is -0.365. The molecule has 0 fully saturated rings. The van der Waals surface area contributed by atoms with Crippen LogP contribution in [0.4, 0.5) is 0 Å². The van der Waals surface area contributed by atoms with Crippen LogP contribution < -0.4 is 0 Å². The van der Waals surface area contributed by atoms with Gasteiger partial charge < -0.3 is 0 Å². The van der Waals surface area contributed by atoms with Gasteiger partial charge in [0.25, 0.3) is 0 Å². The van der Waals surface area contributed by atoms with E-state index in [0.29, 0.717) is 9.52 Å². The summed E-state index contributed by atoms with van der Waals surface area (Å²) in [5.41, 5.74) is 1.67. The van der Waals surface area contributed by atoms with E-state index >= 15 is 0 Å². The Morgan fingerprint density at radius 2 is 1.25 bits per heavy atom. The molecule has 0 radical (unpaired) electrons. The second-order valence-electron chi connectivity index (χ2n) is 6.49. The summed E-state index contributed by atoms with van der Waals surface area (Å²) >= 11 is 0. The Morgan fingerprint density at radius 3 is 1.75 bits per heavy atom. The van der Waals surface area contributed by atoms with Crippen molar-refractivity contribution < 1.29 is 0 Å². The molecular weight excluding hydrogens is 224 g/mol. The number of rotatable bonds is 11. The fraction of sp³-hybridized carbons (Fsp3) is 1.00. The molecule has 0 amide bonds.